The molecule has 0 unspecified atom stereocenters. The maximum atomic E-state index is 10.7. The zero-order valence-corrected chi connectivity index (χ0v) is 11.4. The van der Waals surface area contributed by atoms with E-state index in [0.717, 1.165) is 25.2 Å². The van der Waals surface area contributed by atoms with Crippen LogP contribution in [0.4, 0.5) is 5.82 Å². The van der Waals surface area contributed by atoms with E-state index in [1.807, 2.05) is 6.07 Å². The minimum absolute atomic E-state index is 0.0563. The van der Waals surface area contributed by atoms with E-state index in [1.54, 1.807) is 0 Å². The van der Waals surface area contributed by atoms with Gasteiger partial charge >= 0.3 is 5.97 Å². The van der Waals surface area contributed by atoms with Crippen LogP contribution < -0.4 is 10.1 Å². The fourth-order valence-electron chi connectivity index (χ4n) is 2.26. The molecule has 1 aliphatic rings. The number of carboxylic acids is 1. The number of carboxylic acid groups (broad SMARTS) is 1. The number of ether oxygens (including phenoxy) is 1. The largest absolute Gasteiger partial charge is 0.493 e. The topological polar surface area (TPSA) is 84.3 Å². The first-order chi connectivity index (χ1) is 10.2. The summed E-state index contributed by atoms with van der Waals surface area (Å²) in [6.07, 6.45) is 4.51. The number of fused-ring (bicyclic) bond motifs is 1. The Morgan fingerprint density at radius 2 is 2.24 bits per heavy atom. The molecule has 108 valence electrons. The normalized spacial score (nSPS) is 12.6. The van der Waals surface area contributed by atoms with Crippen molar-refractivity contribution in [2.75, 3.05) is 18.5 Å². The minimum atomic E-state index is -1.07. The molecule has 1 aromatic carbocycles. The van der Waals surface area contributed by atoms with Crippen molar-refractivity contribution in [2.24, 2.45) is 0 Å². The van der Waals surface area contributed by atoms with E-state index in [4.69, 9.17) is 9.84 Å². The summed E-state index contributed by atoms with van der Waals surface area (Å²) in [5, 5.41) is 11.9. The van der Waals surface area contributed by atoms with Gasteiger partial charge in [-0.1, -0.05) is 12.1 Å². The van der Waals surface area contributed by atoms with E-state index in [2.05, 4.69) is 27.4 Å². The predicted octanol–water partition coefficient (Wildman–Crippen LogP) is 1.76. The van der Waals surface area contributed by atoms with Crippen LogP contribution in [0, 0.1) is 0 Å². The number of aromatic nitrogens is 2. The van der Waals surface area contributed by atoms with Gasteiger partial charge < -0.3 is 15.2 Å². The Morgan fingerprint density at radius 1 is 1.33 bits per heavy atom. The van der Waals surface area contributed by atoms with Gasteiger partial charge in [0.15, 0.2) is 5.69 Å². The van der Waals surface area contributed by atoms with Crippen molar-refractivity contribution in [3.8, 4) is 5.75 Å². The molecule has 1 aromatic heterocycles. The Labute approximate surface area is 121 Å². The molecule has 2 N–H and O–H groups in total. The lowest BCUT2D eigenvalue weighted by Gasteiger charge is -2.06. The Hall–Kier alpha value is -2.63. The molecule has 0 radical (unpaired) electrons. The fraction of sp³-hybridized carbons (Fsp3) is 0.267. The Balaban J connectivity index is 1.55. The summed E-state index contributed by atoms with van der Waals surface area (Å²) in [4.78, 5) is 18.5. The van der Waals surface area contributed by atoms with Gasteiger partial charge in [-0.25, -0.2) is 14.8 Å². The lowest BCUT2D eigenvalue weighted by atomic mass is 10.1. The number of aromatic carboxylic acids is 1. The van der Waals surface area contributed by atoms with E-state index in [9.17, 15) is 4.79 Å². The van der Waals surface area contributed by atoms with Crippen LogP contribution in [0.25, 0.3) is 0 Å². The van der Waals surface area contributed by atoms with Crippen molar-refractivity contribution < 1.29 is 14.6 Å². The molecule has 0 fully saturated rings. The summed E-state index contributed by atoms with van der Waals surface area (Å²) in [5.74, 6) is 0.487. The van der Waals surface area contributed by atoms with Crippen LogP contribution >= 0.6 is 0 Å². The van der Waals surface area contributed by atoms with Gasteiger partial charge in [0.25, 0.3) is 0 Å². The lowest BCUT2D eigenvalue weighted by molar-refractivity contribution is 0.0690. The molecule has 2 heterocycles. The highest BCUT2D eigenvalue weighted by atomic mass is 16.5. The summed E-state index contributed by atoms with van der Waals surface area (Å²) in [5.41, 5.74) is 2.44. The molecule has 0 saturated heterocycles. The van der Waals surface area contributed by atoms with Gasteiger partial charge in [0.2, 0.25) is 0 Å². The molecule has 21 heavy (non-hydrogen) atoms. The number of hydrogen-bond donors (Lipinski definition) is 2. The zero-order valence-electron chi connectivity index (χ0n) is 11.4. The van der Waals surface area contributed by atoms with Crippen LogP contribution in [0.3, 0.4) is 0 Å². The standard InChI is InChI=1S/C15H15N3O3/c19-15(20)12-8-18-14(9-17-12)16-5-3-10-1-2-13-11(7-10)4-6-21-13/h1-2,7-9H,3-6H2,(H,16,18)(H,19,20). The molecule has 0 saturated carbocycles. The molecule has 0 atom stereocenters. The molecule has 0 spiro atoms. The van der Waals surface area contributed by atoms with Crippen molar-refractivity contribution in [1.82, 2.24) is 9.97 Å². The summed E-state index contributed by atoms with van der Waals surface area (Å²) in [6.45, 7) is 1.48. The monoisotopic (exact) mass is 285 g/mol. The first-order valence-electron chi connectivity index (χ1n) is 6.76. The molecule has 0 aliphatic carbocycles. The second-order valence-corrected chi connectivity index (χ2v) is 4.81. The van der Waals surface area contributed by atoms with Crippen molar-refractivity contribution in [1.29, 1.82) is 0 Å². The number of anilines is 1. The minimum Gasteiger partial charge on any atom is -0.493 e. The van der Waals surface area contributed by atoms with E-state index < -0.39 is 5.97 Å². The van der Waals surface area contributed by atoms with Crippen LogP contribution in [0.15, 0.2) is 30.6 Å². The second kappa shape index (κ2) is 5.78. The predicted molar refractivity (Wildman–Crippen MR) is 76.8 cm³/mol. The van der Waals surface area contributed by atoms with Crippen molar-refractivity contribution in [3.05, 3.63) is 47.4 Å². The van der Waals surface area contributed by atoms with Gasteiger partial charge in [-0.15, -0.1) is 0 Å². The molecule has 3 rings (SSSR count). The van der Waals surface area contributed by atoms with Gasteiger partial charge in [-0.05, 0) is 23.6 Å². The number of carbonyl (C=O) groups is 1. The molecule has 6 heteroatoms. The highest BCUT2D eigenvalue weighted by Gasteiger charge is 2.11. The molecule has 0 amide bonds. The number of nitrogens with one attached hydrogen (secondary N) is 1. The van der Waals surface area contributed by atoms with Gasteiger partial charge in [0.05, 0.1) is 19.0 Å². The van der Waals surface area contributed by atoms with Crippen molar-refractivity contribution in [3.63, 3.8) is 0 Å². The maximum absolute atomic E-state index is 10.7. The third-order valence-corrected chi connectivity index (χ3v) is 3.34. The lowest BCUT2D eigenvalue weighted by Crippen LogP contribution is -2.08. The fourth-order valence-corrected chi connectivity index (χ4v) is 2.26. The smallest absolute Gasteiger partial charge is 0.356 e. The molecule has 1 aliphatic heterocycles. The number of hydrogen-bond acceptors (Lipinski definition) is 5. The molecular formula is C15H15N3O3. The Kier molecular flexibility index (Phi) is 3.68. The van der Waals surface area contributed by atoms with Crippen LogP contribution in [0.2, 0.25) is 0 Å². The summed E-state index contributed by atoms with van der Waals surface area (Å²) < 4.78 is 5.48. The third kappa shape index (κ3) is 3.10. The van der Waals surface area contributed by atoms with E-state index in [1.165, 1.54) is 23.5 Å². The van der Waals surface area contributed by atoms with Gasteiger partial charge in [0, 0.05) is 13.0 Å². The summed E-state index contributed by atoms with van der Waals surface area (Å²) in [7, 11) is 0. The van der Waals surface area contributed by atoms with Crippen LogP contribution in [-0.4, -0.2) is 34.2 Å². The second-order valence-electron chi connectivity index (χ2n) is 4.81. The average Bonchev–Trinajstić information content (AvgIpc) is 2.95. The maximum Gasteiger partial charge on any atom is 0.356 e. The number of rotatable bonds is 5. The SMILES string of the molecule is O=C(O)c1cnc(NCCc2ccc3c(c2)CCO3)cn1. The number of benzene rings is 1. The number of nitrogens with zero attached hydrogens (tertiary/aromatic N) is 2. The van der Waals surface area contributed by atoms with Crippen LogP contribution in [0.1, 0.15) is 21.6 Å². The summed E-state index contributed by atoms with van der Waals surface area (Å²) >= 11 is 0. The van der Waals surface area contributed by atoms with E-state index in [0.29, 0.717) is 12.4 Å². The quantitative estimate of drug-likeness (QED) is 0.871. The van der Waals surface area contributed by atoms with Crippen molar-refractivity contribution >= 4 is 11.8 Å². The average molecular weight is 285 g/mol. The Morgan fingerprint density at radius 3 is 3.00 bits per heavy atom. The van der Waals surface area contributed by atoms with E-state index in [-0.39, 0.29) is 5.69 Å². The Bertz CT molecular complexity index is 656. The highest BCUT2D eigenvalue weighted by molar-refractivity contribution is 5.84. The molecule has 0 bridgehead atoms. The van der Waals surface area contributed by atoms with Crippen molar-refractivity contribution in [2.45, 2.75) is 12.8 Å². The third-order valence-electron chi connectivity index (χ3n) is 3.34. The molecular weight excluding hydrogens is 270 g/mol. The molecule has 6 nitrogen and oxygen atoms in total. The van der Waals surface area contributed by atoms with Gasteiger partial charge in [0.1, 0.15) is 11.6 Å². The first kappa shape index (κ1) is 13.4. The van der Waals surface area contributed by atoms with Gasteiger partial charge in [-0.3, -0.25) is 0 Å². The van der Waals surface area contributed by atoms with Crippen LogP contribution in [0.5, 0.6) is 5.75 Å². The molecule has 2 aromatic rings. The highest BCUT2D eigenvalue weighted by Crippen LogP contribution is 2.25. The summed E-state index contributed by atoms with van der Waals surface area (Å²) in [6, 6.07) is 6.24. The van der Waals surface area contributed by atoms with Crippen LogP contribution in [-0.2, 0) is 12.8 Å². The van der Waals surface area contributed by atoms with E-state index >= 15 is 0 Å². The van der Waals surface area contributed by atoms with Gasteiger partial charge in [-0.2, -0.15) is 0 Å². The zero-order chi connectivity index (χ0) is 14.7. The first-order valence-corrected chi connectivity index (χ1v) is 6.76.